The number of imidazole rings is 2. The lowest BCUT2D eigenvalue weighted by Crippen LogP contribution is -2.33. The molecule has 4 aromatic rings. The van der Waals surface area contributed by atoms with E-state index in [9.17, 15) is 4.79 Å². The maximum Gasteiger partial charge on any atom is 0.254 e. The van der Waals surface area contributed by atoms with Crippen LogP contribution in [-0.2, 0) is 13.0 Å². The third kappa shape index (κ3) is 4.17. The van der Waals surface area contributed by atoms with E-state index < -0.39 is 0 Å². The zero-order chi connectivity index (χ0) is 21.9. The van der Waals surface area contributed by atoms with Gasteiger partial charge in [-0.2, -0.15) is 0 Å². The summed E-state index contributed by atoms with van der Waals surface area (Å²) in [5, 5.41) is 0. The molecule has 5 rings (SSSR count). The highest BCUT2D eigenvalue weighted by molar-refractivity contribution is 5.95. The molecule has 1 saturated heterocycles. The van der Waals surface area contributed by atoms with Crippen molar-refractivity contribution < 1.29 is 4.79 Å². The number of carbonyl (C=O) groups is 1. The molecule has 0 saturated carbocycles. The summed E-state index contributed by atoms with van der Waals surface area (Å²) in [5.41, 5.74) is 4.20. The van der Waals surface area contributed by atoms with Gasteiger partial charge in [0.15, 0.2) is 0 Å². The van der Waals surface area contributed by atoms with Crippen LogP contribution in [0.15, 0.2) is 67.4 Å². The molecular weight excluding hydrogens is 398 g/mol. The first-order chi connectivity index (χ1) is 15.7. The van der Waals surface area contributed by atoms with Gasteiger partial charge in [0, 0.05) is 56.2 Å². The molecule has 164 valence electrons. The smallest absolute Gasteiger partial charge is 0.254 e. The Morgan fingerprint density at radius 1 is 0.969 bits per heavy atom. The number of rotatable bonds is 5. The molecule has 1 aliphatic rings. The molecule has 0 aliphatic carbocycles. The van der Waals surface area contributed by atoms with Gasteiger partial charge in [-0.15, -0.1) is 0 Å². The first kappa shape index (κ1) is 20.5. The van der Waals surface area contributed by atoms with Crippen LogP contribution in [-0.4, -0.2) is 42.8 Å². The molecular formula is C26H29N5O. The van der Waals surface area contributed by atoms with Crippen LogP contribution in [0.1, 0.15) is 46.6 Å². The summed E-state index contributed by atoms with van der Waals surface area (Å²) in [6, 6.07) is 12.3. The van der Waals surface area contributed by atoms with Gasteiger partial charge >= 0.3 is 0 Å². The van der Waals surface area contributed by atoms with Crippen molar-refractivity contribution in [1.82, 2.24) is 23.8 Å². The van der Waals surface area contributed by atoms with Crippen molar-refractivity contribution in [1.29, 1.82) is 0 Å². The number of fused-ring (bicyclic) bond motifs is 1. The Morgan fingerprint density at radius 2 is 1.81 bits per heavy atom. The van der Waals surface area contributed by atoms with E-state index >= 15 is 0 Å². The number of amides is 1. The Bertz CT molecular complexity index is 1220. The second-order valence-corrected chi connectivity index (χ2v) is 8.74. The van der Waals surface area contributed by atoms with Crippen LogP contribution in [0.5, 0.6) is 0 Å². The van der Waals surface area contributed by atoms with Gasteiger partial charge in [-0.1, -0.05) is 24.3 Å². The Balaban J connectivity index is 1.28. The molecule has 1 aromatic carbocycles. The van der Waals surface area contributed by atoms with E-state index in [0.29, 0.717) is 12.5 Å². The molecule has 1 atom stereocenters. The van der Waals surface area contributed by atoms with Gasteiger partial charge in [0.2, 0.25) is 0 Å². The Kier molecular flexibility index (Phi) is 5.75. The second-order valence-electron chi connectivity index (χ2n) is 8.74. The fraction of sp³-hybridized carbons (Fsp3) is 0.346. The van der Waals surface area contributed by atoms with Gasteiger partial charge in [-0.25, -0.2) is 9.97 Å². The third-order valence-corrected chi connectivity index (χ3v) is 6.66. The summed E-state index contributed by atoms with van der Waals surface area (Å²) in [6.45, 7) is 4.28. The molecule has 0 N–H and O–H groups in total. The summed E-state index contributed by atoms with van der Waals surface area (Å²) in [6.07, 6.45) is 13.9. The molecule has 3 aromatic heterocycles. The third-order valence-electron chi connectivity index (χ3n) is 6.66. The molecule has 0 spiro atoms. The van der Waals surface area contributed by atoms with Crippen LogP contribution >= 0.6 is 0 Å². The quantitative estimate of drug-likeness (QED) is 0.475. The number of benzene rings is 1. The lowest BCUT2D eigenvalue weighted by atomic mass is 9.93. The number of likely N-dealkylation sites (tertiary alicyclic amines) is 1. The standard InChI is InChI=1S/C26H29N5O/c1-20-27-11-17-31(20)19-23-7-2-3-9-24(23)26(32)30-14-4-6-21(10-15-30)18-22-8-5-13-29-16-12-28-25(22)29/h2-3,5,7-9,11-13,16-17,21H,4,6,10,14-15,18-19H2,1H3/t21-/m0/s1. The van der Waals surface area contributed by atoms with Crippen molar-refractivity contribution in [3.63, 3.8) is 0 Å². The van der Waals surface area contributed by atoms with Gasteiger partial charge in [-0.3, -0.25) is 4.79 Å². The number of pyridine rings is 1. The fourth-order valence-electron chi connectivity index (χ4n) is 4.84. The Morgan fingerprint density at radius 3 is 2.69 bits per heavy atom. The maximum atomic E-state index is 13.5. The van der Waals surface area contributed by atoms with E-state index in [1.807, 2.05) is 49.9 Å². The number of hydrogen-bond donors (Lipinski definition) is 0. The summed E-state index contributed by atoms with van der Waals surface area (Å²) in [5.74, 6) is 1.67. The number of nitrogens with zero attached hydrogens (tertiary/aromatic N) is 5. The van der Waals surface area contributed by atoms with Crippen LogP contribution in [0.4, 0.5) is 0 Å². The monoisotopic (exact) mass is 427 g/mol. The van der Waals surface area contributed by atoms with Crippen LogP contribution in [0.25, 0.3) is 5.65 Å². The first-order valence-corrected chi connectivity index (χ1v) is 11.4. The molecule has 0 unspecified atom stereocenters. The van der Waals surface area contributed by atoms with Gasteiger partial charge in [0.05, 0.1) is 0 Å². The lowest BCUT2D eigenvalue weighted by Gasteiger charge is -2.22. The fourth-order valence-corrected chi connectivity index (χ4v) is 4.84. The van der Waals surface area contributed by atoms with Crippen LogP contribution in [0.2, 0.25) is 0 Å². The minimum absolute atomic E-state index is 0.148. The molecule has 1 fully saturated rings. The van der Waals surface area contributed by atoms with E-state index in [1.165, 1.54) is 5.56 Å². The molecule has 32 heavy (non-hydrogen) atoms. The predicted molar refractivity (Wildman–Crippen MR) is 125 cm³/mol. The first-order valence-electron chi connectivity index (χ1n) is 11.4. The van der Waals surface area contributed by atoms with Crippen molar-refractivity contribution in [2.75, 3.05) is 13.1 Å². The van der Waals surface area contributed by atoms with E-state index in [1.54, 1.807) is 6.20 Å². The van der Waals surface area contributed by atoms with E-state index in [0.717, 1.165) is 61.4 Å². The topological polar surface area (TPSA) is 55.4 Å². The van der Waals surface area contributed by atoms with E-state index in [2.05, 4.69) is 42.0 Å². The minimum atomic E-state index is 0.148. The number of hydrogen-bond acceptors (Lipinski definition) is 3. The SMILES string of the molecule is Cc1nccn1Cc1ccccc1C(=O)N1CCC[C@H](Cc2cccn3ccnc23)CC1. The largest absolute Gasteiger partial charge is 0.339 e. The summed E-state index contributed by atoms with van der Waals surface area (Å²) >= 11 is 0. The zero-order valence-corrected chi connectivity index (χ0v) is 18.5. The molecule has 0 radical (unpaired) electrons. The van der Waals surface area contributed by atoms with Crippen molar-refractivity contribution in [2.45, 2.75) is 39.2 Å². The van der Waals surface area contributed by atoms with Crippen LogP contribution in [0.3, 0.4) is 0 Å². The second kappa shape index (κ2) is 8.99. The van der Waals surface area contributed by atoms with Gasteiger partial charge in [0.25, 0.3) is 5.91 Å². The highest BCUT2D eigenvalue weighted by Crippen LogP contribution is 2.25. The van der Waals surface area contributed by atoms with Crippen molar-refractivity contribution in [2.24, 2.45) is 5.92 Å². The normalized spacial score (nSPS) is 16.9. The van der Waals surface area contributed by atoms with Crippen molar-refractivity contribution in [3.8, 4) is 0 Å². The van der Waals surface area contributed by atoms with Crippen LogP contribution < -0.4 is 0 Å². The van der Waals surface area contributed by atoms with Crippen molar-refractivity contribution >= 4 is 11.6 Å². The van der Waals surface area contributed by atoms with Gasteiger partial charge < -0.3 is 13.9 Å². The number of aryl methyl sites for hydroxylation is 1. The molecule has 4 heterocycles. The van der Waals surface area contributed by atoms with E-state index in [4.69, 9.17) is 0 Å². The van der Waals surface area contributed by atoms with Crippen molar-refractivity contribution in [3.05, 3.63) is 89.9 Å². The minimum Gasteiger partial charge on any atom is -0.339 e. The summed E-state index contributed by atoms with van der Waals surface area (Å²) in [4.78, 5) is 24.4. The lowest BCUT2D eigenvalue weighted by molar-refractivity contribution is 0.0758. The highest BCUT2D eigenvalue weighted by Gasteiger charge is 2.24. The molecule has 1 amide bonds. The molecule has 6 heteroatoms. The maximum absolute atomic E-state index is 13.5. The molecule has 1 aliphatic heterocycles. The number of carbonyl (C=O) groups excluding carboxylic acids is 1. The average Bonchev–Trinajstić information content (AvgIpc) is 3.38. The molecule has 6 nitrogen and oxygen atoms in total. The van der Waals surface area contributed by atoms with Gasteiger partial charge in [0.1, 0.15) is 11.5 Å². The Hall–Kier alpha value is -3.41. The van der Waals surface area contributed by atoms with E-state index in [-0.39, 0.29) is 5.91 Å². The number of aromatic nitrogens is 4. The predicted octanol–water partition coefficient (Wildman–Crippen LogP) is 4.37. The Labute approximate surface area is 188 Å². The highest BCUT2D eigenvalue weighted by atomic mass is 16.2. The summed E-state index contributed by atoms with van der Waals surface area (Å²) in [7, 11) is 0. The summed E-state index contributed by atoms with van der Waals surface area (Å²) < 4.78 is 4.17. The van der Waals surface area contributed by atoms with Gasteiger partial charge in [-0.05, 0) is 61.8 Å². The molecule has 0 bridgehead atoms. The average molecular weight is 428 g/mol. The zero-order valence-electron chi connectivity index (χ0n) is 18.5. The van der Waals surface area contributed by atoms with Crippen LogP contribution in [0, 0.1) is 12.8 Å².